The highest BCUT2D eigenvalue weighted by Crippen LogP contribution is 2.13. The summed E-state index contributed by atoms with van der Waals surface area (Å²) in [5.74, 6) is 0. The zero-order chi connectivity index (χ0) is 11.4. The van der Waals surface area contributed by atoms with E-state index >= 15 is 0 Å². The van der Waals surface area contributed by atoms with Gasteiger partial charge in [0.2, 0.25) is 9.04 Å². The molecular formula is C13H29OSi. The average molecular weight is 229 g/mol. The van der Waals surface area contributed by atoms with Crippen LogP contribution in [0.15, 0.2) is 0 Å². The molecule has 0 aromatic heterocycles. The fourth-order valence-corrected chi connectivity index (χ4v) is 3.98. The third-order valence-corrected chi connectivity index (χ3v) is 5.06. The molecule has 0 saturated carbocycles. The van der Waals surface area contributed by atoms with Gasteiger partial charge in [0.15, 0.2) is 0 Å². The molecule has 0 fully saturated rings. The summed E-state index contributed by atoms with van der Waals surface area (Å²) in [5, 5.41) is 0. The molecule has 15 heavy (non-hydrogen) atoms. The summed E-state index contributed by atoms with van der Waals surface area (Å²) >= 11 is 0. The van der Waals surface area contributed by atoms with Crippen LogP contribution in [0, 0.1) is 0 Å². The highest BCUT2D eigenvalue weighted by atomic mass is 28.3. The van der Waals surface area contributed by atoms with Crippen molar-refractivity contribution >= 4 is 9.04 Å². The third-order valence-electron chi connectivity index (χ3n) is 2.63. The van der Waals surface area contributed by atoms with Crippen molar-refractivity contribution in [3.8, 4) is 0 Å². The van der Waals surface area contributed by atoms with Gasteiger partial charge in [-0.15, -0.1) is 0 Å². The van der Waals surface area contributed by atoms with Gasteiger partial charge >= 0.3 is 0 Å². The maximum atomic E-state index is 5.99. The normalized spacial score (nSPS) is 11.2. The van der Waals surface area contributed by atoms with Crippen LogP contribution in [0.2, 0.25) is 12.1 Å². The molecule has 0 aliphatic heterocycles. The van der Waals surface area contributed by atoms with Crippen molar-refractivity contribution in [1.82, 2.24) is 0 Å². The summed E-state index contributed by atoms with van der Waals surface area (Å²) in [4.78, 5) is 0. The molecule has 0 heterocycles. The molecule has 0 aliphatic rings. The van der Waals surface area contributed by atoms with Crippen molar-refractivity contribution < 1.29 is 4.43 Å². The Morgan fingerprint density at radius 3 is 1.67 bits per heavy atom. The average Bonchev–Trinajstić information content (AvgIpc) is 2.25. The highest BCUT2D eigenvalue weighted by Gasteiger charge is 2.11. The molecule has 0 bridgehead atoms. The fourth-order valence-electron chi connectivity index (χ4n) is 1.66. The molecule has 0 rings (SSSR count). The number of rotatable bonds is 11. The van der Waals surface area contributed by atoms with Crippen LogP contribution in [0.25, 0.3) is 0 Å². The predicted octanol–water partition coefficient (Wildman–Crippen LogP) is 4.78. The molecule has 0 unspecified atom stereocenters. The van der Waals surface area contributed by atoms with Gasteiger partial charge in [0.1, 0.15) is 0 Å². The van der Waals surface area contributed by atoms with Crippen molar-refractivity contribution in [1.29, 1.82) is 0 Å². The lowest BCUT2D eigenvalue weighted by Gasteiger charge is -2.14. The van der Waals surface area contributed by atoms with Gasteiger partial charge in [-0.05, 0) is 18.5 Å². The molecular weight excluding hydrogens is 200 g/mol. The summed E-state index contributed by atoms with van der Waals surface area (Å²) in [5.41, 5.74) is 0. The van der Waals surface area contributed by atoms with Crippen molar-refractivity contribution in [2.24, 2.45) is 0 Å². The minimum Gasteiger partial charge on any atom is -0.417 e. The van der Waals surface area contributed by atoms with Crippen LogP contribution in [-0.2, 0) is 4.43 Å². The van der Waals surface area contributed by atoms with Crippen LogP contribution in [0.5, 0.6) is 0 Å². The Labute approximate surface area is 98.3 Å². The topological polar surface area (TPSA) is 9.23 Å². The summed E-state index contributed by atoms with van der Waals surface area (Å²) in [6.45, 7) is 7.75. The lowest BCUT2D eigenvalue weighted by molar-refractivity contribution is 0.315. The van der Waals surface area contributed by atoms with E-state index in [-0.39, 0.29) is 0 Å². The van der Waals surface area contributed by atoms with E-state index in [9.17, 15) is 0 Å². The Kier molecular flexibility index (Phi) is 12.4. The van der Waals surface area contributed by atoms with E-state index in [0.717, 1.165) is 6.61 Å². The first kappa shape index (κ1) is 15.2. The Morgan fingerprint density at radius 2 is 1.27 bits per heavy atom. The molecule has 0 aromatic rings. The maximum Gasteiger partial charge on any atom is 0.211 e. The molecule has 0 aromatic carbocycles. The first-order valence-corrected chi connectivity index (χ1v) is 8.64. The standard InChI is InChI=1S/C13H29OSi/c1-4-7-9-12-15(14-11-6-3)13-10-8-5-2/h4-13H2,1-3H3. The van der Waals surface area contributed by atoms with Crippen LogP contribution in [0.3, 0.4) is 0 Å². The van der Waals surface area contributed by atoms with Gasteiger partial charge < -0.3 is 4.43 Å². The van der Waals surface area contributed by atoms with E-state index < -0.39 is 9.04 Å². The lowest BCUT2D eigenvalue weighted by Crippen LogP contribution is -2.18. The van der Waals surface area contributed by atoms with Crippen molar-refractivity contribution in [3.05, 3.63) is 0 Å². The van der Waals surface area contributed by atoms with Crippen LogP contribution in [0.1, 0.15) is 65.7 Å². The Bertz CT molecular complexity index is 107. The Morgan fingerprint density at radius 1 is 0.733 bits per heavy atom. The molecule has 91 valence electrons. The Hall–Kier alpha value is 0.177. The summed E-state index contributed by atoms with van der Waals surface area (Å²) in [7, 11) is -0.452. The van der Waals surface area contributed by atoms with Gasteiger partial charge in [0.05, 0.1) is 0 Å². The molecule has 1 radical (unpaired) electrons. The van der Waals surface area contributed by atoms with Gasteiger partial charge in [-0.25, -0.2) is 0 Å². The van der Waals surface area contributed by atoms with Gasteiger partial charge in [-0.3, -0.25) is 0 Å². The second kappa shape index (κ2) is 12.2. The molecule has 0 amide bonds. The molecule has 0 aliphatic carbocycles. The molecule has 0 saturated heterocycles. The smallest absolute Gasteiger partial charge is 0.211 e. The van der Waals surface area contributed by atoms with Gasteiger partial charge in [0, 0.05) is 6.61 Å². The van der Waals surface area contributed by atoms with Crippen LogP contribution in [0.4, 0.5) is 0 Å². The molecule has 2 heteroatoms. The Balaban J connectivity index is 3.53. The van der Waals surface area contributed by atoms with Gasteiger partial charge in [-0.2, -0.15) is 0 Å². The van der Waals surface area contributed by atoms with Crippen LogP contribution < -0.4 is 0 Å². The quantitative estimate of drug-likeness (QED) is 0.366. The van der Waals surface area contributed by atoms with E-state index in [2.05, 4.69) is 20.8 Å². The molecule has 0 N–H and O–H groups in total. The van der Waals surface area contributed by atoms with Crippen molar-refractivity contribution in [2.45, 2.75) is 77.8 Å². The first-order chi connectivity index (χ1) is 7.35. The third kappa shape index (κ3) is 10.5. The van der Waals surface area contributed by atoms with Gasteiger partial charge in [0.25, 0.3) is 0 Å². The summed E-state index contributed by atoms with van der Waals surface area (Å²) in [6.07, 6.45) is 9.39. The van der Waals surface area contributed by atoms with Crippen molar-refractivity contribution in [3.63, 3.8) is 0 Å². The number of hydrogen-bond acceptors (Lipinski definition) is 1. The SMILES string of the molecule is CCCCC[Si](CCCCC)OCCC. The second-order valence-electron chi connectivity index (χ2n) is 4.30. The largest absolute Gasteiger partial charge is 0.417 e. The maximum absolute atomic E-state index is 5.99. The predicted molar refractivity (Wildman–Crippen MR) is 70.7 cm³/mol. The summed E-state index contributed by atoms with van der Waals surface area (Å²) in [6, 6.07) is 2.75. The van der Waals surface area contributed by atoms with E-state index in [0.29, 0.717) is 0 Å². The van der Waals surface area contributed by atoms with Crippen molar-refractivity contribution in [2.75, 3.05) is 6.61 Å². The molecule has 0 atom stereocenters. The van der Waals surface area contributed by atoms with E-state index in [1.165, 1.54) is 57.0 Å². The second-order valence-corrected chi connectivity index (χ2v) is 6.67. The van der Waals surface area contributed by atoms with Crippen LogP contribution >= 0.6 is 0 Å². The highest BCUT2D eigenvalue weighted by molar-refractivity contribution is 6.51. The van der Waals surface area contributed by atoms with Crippen LogP contribution in [-0.4, -0.2) is 15.6 Å². The minimum absolute atomic E-state index is 0.452. The molecule has 1 nitrogen and oxygen atoms in total. The van der Waals surface area contributed by atoms with E-state index in [1.54, 1.807) is 0 Å². The monoisotopic (exact) mass is 229 g/mol. The first-order valence-electron chi connectivity index (χ1n) is 6.82. The zero-order valence-electron chi connectivity index (χ0n) is 11.0. The van der Waals surface area contributed by atoms with E-state index in [4.69, 9.17) is 4.43 Å². The number of unbranched alkanes of at least 4 members (excludes halogenated alkanes) is 4. The number of hydrogen-bond donors (Lipinski definition) is 0. The summed E-state index contributed by atoms with van der Waals surface area (Å²) < 4.78 is 5.99. The zero-order valence-corrected chi connectivity index (χ0v) is 12.0. The van der Waals surface area contributed by atoms with Gasteiger partial charge in [-0.1, -0.05) is 59.3 Å². The van der Waals surface area contributed by atoms with E-state index in [1.807, 2.05) is 0 Å². The minimum atomic E-state index is -0.452. The lowest BCUT2D eigenvalue weighted by atomic mass is 10.3. The molecule has 0 spiro atoms. The fraction of sp³-hybridized carbons (Fsp3) is 1.00.